The Hall–Kier alpha value is -2.97. The van der Waals surface area contributed by atoms with Crippen molar-refractivity contribution in [2.75, 3.05) is 20.3 Å². The summed E-state index contributed by atoms with van der Waals surface area (Å²) in [6.07, 6.45) is 3.44. The summed E-state index contributed by atoms with van der Waals surface area (Å²) in [6, 6.07) is 7.02. The first-order chi connectivity index (χ1) is 15.9. The molecule has 3 aliphatic rings. The summed E-state index contributed by atoms with van der Waals surface area (Å²) in [5, 5.41) is 19.5. The van der Waals surface area contributed by atoms with E-state index in [0.717, 1.165) is 36.7 Å². The molecule has 1 aromatic carbocycles. The maximum Gasteiger partial charge on any atom is 0.423 e. The molecule has 1 aliphatic carbocycles. The first kappa shape index (κ1) is 23.2. The van der Waals surface area contributed by atoms with Crippen LogP contribution < -0.4 is 0 Å². The van der Waals surface area contributed by atoms with E-state index in [-0.39, 0.29) is 37.4 Å². The number of methoxy groups -OCH3 is 1. The highest BCUT2D eigenvalue weighted by atomic mass is 16.5. The monoisotopic (exact) mass is 455 g/mol. The number of aliphatic hydroxyl groups is 1. The fourth-order valence-corrected chi connectivity index (χ4v) is 5.36. The quantitative estimate of drug-likeness (QED) is 0.501. The SMILES string of the molecule is CC/C(=C\c1ccc(O)cc1)CC[C@H]1OC[C@H]2C1=C(CO)C[C@H]1C(=O)N(C(=O)OC)C(=O)[C@H]12. The Morgan fingerprint density at radius 1 is 1.21 bits per heavy atom. The third kappa shape index (κ3) is 4.20. The molecular weight excluding hydrogens is 426 g/mol. The van der Waals surface area contributed by atoms with Crippen LogP contribution in [-0.2, 0) is 19.1 Å². The van der Waals surface area contributed by atoms with Crippen LogP contribution >= 0.6 is 0 Å². The fourth-order valence-electron chi connectivity index (χ4n) is 5.36. The lowest BCUT2D eigenvalue weighted by molar-refractivity contribution is -0.137. The van der Waals surface area contributed by atoms with E-state index in [2.05, 4.69) is 17.7 Å². The van der Waals surface area contributed by atoms with E-state index in [1.807, 2.05) is 12.1 Å². The minimum atomic E-state index is -0.964. The number of carbonyl (C=O) groups excluding carboxylic acids is 3. The van der Waals surface area contributed by atoms with Crippen LogP contribution in [0.25, 0.3) is 6.08 Å². The second-order valence-electron chi connectivity index (χ2n) is 8.75. The van der Waals surface area contributed by atoms with Gasteiger partial charge < -0.3 is 19.7 Å². The summed E-state index contributed by atoms with van der Waals surface area (Å²) < 4.78 is 10.7. The molecule has 4 atom stereocenters. The number of likely N-dealkylation sites (tertiary alicyclic amines) is 1. The zero-order chi connectivity index (χ0) is 23.7. The van der Waals surface area contributed by atoms with Crippen LogP contribution in [0.15, 0.2) is 41.0 Å². The molecule has 2 aliphatic heterocycles. The van der Waals surface area contributed by atoms with Crippen LogP contribution in [-0.4, -0.2) is 59.4 Å². The van der Waals surface area contributed by atoms with Crippen molar-refractivity contribution in [3.8, 4) is 5.75 Å². The maximum atomic E-state index is 13.0. The molecule has 8 heteroatoms. The molecule has 33 heavy (non-hydrogen) atoms. The van der Waals surface area contributed by atoms with Crippen LogP contribution in [0.5, 0.6) is 5.75 Å². The topological polar surface area (TPSA) is 113 Å². The molecule has 0 saturated carbocycles. The molecular formula is C25H29NO7. The second-order valence-corrected chi connectivity index (χ2v) is 8.75. The number of rotatable bonds is 6. The van der Waals surface area contributed by atoms with Gasteiger partial charge in [-0.05, 0) is 54.5 Å². The first-order valence-corrected chi connectivity index (χ1v) is 11.3. The van der Waals surface area contributed by atoms with Crippen molar-refractivity contribution in [1.82, 2.24) is 4.90 Å². The smallest absolute Gasteiger partial charge is 0.423 e. The molecule has 0 aromatic heterocycles. The number of phenolic OH excluding ortho intramolecular Hbond substituents is 1. The summed E-state index contributed by atoms with van der Waals surface area (Å²) >= 11 is 0. The van der Waals surface area contributed by atoms with Crippen molar-refractivity contribution in [1.29, 1.82) is 0 Å². The zero-order valence-electron chi connectivity index (χ0n) is 18.8. The number of aliphatic hydroxyl groups excluding tert-OH is 1. The molecule has 4 rings (SSSR count). The third-order valence-corrected chi connectivity index (χ3v) is 7.00. The predicted molar refractivity (Wildman–Crippen MR) is 119 cm³/mol. The number of allylic oxidation sites excluding steroid dienone is 1. The number of carbonyl (C=O) groups is 3. The number of amides is 3. The van der Waals surface area contributed by atoms with Gasteiger partial charge in [0.1, 0.15) is 5.75 Å². The van der Waals surface area contributed by atoms with Crippen molar-refractivity contribution in [2.45, 2.75) is 38.7 Å². The number of hydrogen-bond donors (Lipinski definition) is 2. The molecule has 1 aromatic rings. The highest BCUT2D eigenvalue weighted by Crippen LogP contribution is 2.49. The molecule has 0 bridgehead atoms. The maximum absolute atomic E-state index is 13.0. The number of aromatic hydroxyl groups is 1. The number of imide groups is 3. The molecule has 176 valence electrons. The number of phenols is 1. The molecule has 0 spiro atoms. The van der Waals surface area contributed by atoms with E-state index < -0.39 is 29.7 Å². The molecule has 3 amide bonds. The van der Waals surface area contributed by atoms with Gasteiger partial charge in [0.2, 0.25) is 11.8 Å². The number of benzene rings is 1. The molecule has 2 fully saturated rings. The Kier molecular flexibility index (Phi) is 6.67. The standard InChI is InChI=1S/C25H29NO7/c1-3-14(10-15-4-7-17(28)8-5-15)6-9-20-21-16(12-27)11-18-22(19(21)13-33-20)24(30)26(23(18)29)25(31)32-2/h4-5,7-8,10,18-20,22,27-28H,3,6,9,11-13H2,1-2H3/b14-10+/t18-,19+,20-,22-/m1/s1. The molecule has 0 unspecified atom stereocenters. The van der Waals surface area contributed by atoms with E-state index in [4.69, 9.17) is 4.74 Å². The third-order valence-electron chi connectivity index (χ3n) is 7.00. The van der Waals surface area contributed by atoms with Gasteiger partial charge in [-0.2, -0.15) is 4.90 Å². The van der Waals surface area contributed by atoms with Gasteiger partial charge in [0.25, 0.3) is 0 Å². The zero-order valence-corrected chi connectivity index (χ0v) is 18.8. The van der Waals surface area contributed by atoms with Gasteiger partial charge in [0.15, 0.2) is 0 Å². The van der Waals surface area contributed by atoms with Gasteiger partial charge in [-0.15, -0.1) is 0 Å². The van der Waals surface area contributed by atoms with Crippen molar-refractivity contribution < 1.29 is 34.1 Å². The van der Waals surface area contributed by atoms with E-state index in [1.54, 1.807) is 12.1 Å². The lowest BCUT2D eigenvalue weighted by Crippen LogP contribution is -2.38. The Balaban J connectivity index is 1.53. The van der Waals surface area contributed by atoms with Gasteiger partial charge >= 0.3 is 6.09 Å². The second kappa shape index (κ2) is 9.49. The summed E-state index contributed by atoms with van der Waals surface area (Å²) in [5.74, 6) is -2.54. The van der Waals surface area contributed by atoms with Crippen LogP contribution in [0.1, 0.15) is 38.2 Å². The van der Waals surface area contributed by atoms with Crippen LogP contribution in [0.2, 0.25) is 0 Å². The van der Waals surface area contributed by atoms with Crippen LogP contribution in [0, 0.1) is 17.8 Å². The van der Waals surface area contributed by atoms with Gasteiger partial charge in [-0.25, -0.2) is 4.79 Å². The molecule has 2 heterocycles. The average molecular weight is 456 g/mol. The Morgan fingerprint density at radius 2 is 1.94 bits per heavy atom. The van der Waals surface area contributed by atoms with E-state index >= 15 is 0 Å². The van der Waals surface area contributed by atoms with Gasteiger partial charge in [0, 0.05) is 5.92 Å². The first-order valence-electron chi connectivity index (χ1n) is 11.3. The predicted octanol–water partition coefficient (Wildman–Crippen LogP) is 3.04. The van der Waals surface area contributed by atoms with Crippen molar-refractivity contribution in [3.63, 3.8) is 0 Å². The van der Waals surface area contributed by atoms with Crippen LogP contribution in [0.4, 0.5) is 4.79 Å². The minimum Gasteiger partial charge on any atom is -0.508 e. The summed E-state index contributed by atoms with van der Waals surface area (Å²) in [5.41, 5.74) is 3.86. The Morgan fingerprint density at radius 3 is 2.58 bits per heavy atom. The molecule has 8 nitrogen and oxygen atoms in total. The highest BCUT2D eigenvalue weighted by Gasteiger charge is 2.58. The normalized spacial score (nSPS) is 27.1. The van der Waals surface area contributed by atoms with E-state index in [9.17, 15) is 24.6 Å². The average Bonchev–Trinajstić information content (AvgIpc) is 3.35. The van der Waals surface area contributed by atoms with Crippen molar-refractivity contribution in [3.05, 3.63) is 46.5 Å². The number of fused-ring (bicyclic) bond motifs is 3. The Bertz CT molecular complexity index is 1010. The number of ether oxygens (including phenoxy) is 2. The summed E-state index contributed by atoms with van der Waals surface area (Å²) in [6.45, 7) is 2.15. The van der Waals surface area contributed by atoms with Crippen LogP contribution in [0.3, 0.4) is 0 Å². The largest absolute Gasteiger partial charge is 0.508 e. The molecule has 0 radical (unpaired) electrons. The van der Waals surface area contributed by atoms with Crippen molar-refractivity contribution >= 4 is 24.0 Å². The fraction of sp³-hybridized carbons (Fsp3) is 0.480. The van der Waals surface area contributed by atoms with Gasteiger partial charge in [0.05, 0.1) is 38.3 Å². The minimum absolute atomic E-state index is 0.210. The highest BCUT2D eigenvalue weighted by molar-refractivity contribution is 6.16. The van der Waals surface area contributed by atoms with Gasteiger partial charge in [-0.1, -0.05) is 30.7 Å². The number of nitrogens with zero attached hydrogens (tertiary/aromatic N) is 1. The van der Waals surface area contributed by atoms with E-state index in [1.165, 1.54) is 5.57 Å². The lowest BCUT2D eigenvalue weighted by Gasteiger charge is -2.31. The lowest BCUT2D eigenvalue weighted by atomic mass is 9.69. The van der Waals surface area contributed by atoms with E-state index in [0.29, 0.717) is 11.3 Å². The molecule has 2 saturated heterocycles. The van der Waals surface area contributed by atoms with Crippen molar-refractivity contribution in [2.24, 2.45) is 17.8 Å². The Labute approximate surface area is 192 Å². The number of hydrogen-bond acceptors (Lipinski definition) is 7. The summed E-state index contributed by atoms with van der Waals surface area (Å²) in [4.78, 5) is 38.4. The van der Waals surface area contributed by atoms with Gasteiger partial charge in [-0.3, -0.25) is 9.59 Å². The molecule has 2 N–H and O–H groups in total. The summed E-state index contributed by atoms with van der Waals surface area (Å²) in [7, 11) is 1.14.